The SMILES string of the molecule is O=C1CCc2cc(S(=O)(=O)N3CCN(Cc4ccccn4)CC3)ccc2N1. The molecule has 0 spiro atoms. The van der Waals surface area contributed by atoms with Crippen LogP contribution in [0.5, 0.6) is 0 Å². The average molecular weight is 386 g/mol. The number of benzene rings is 1. The van der Waals surface area contributed by atoms with Gasteiger partial charge in [-0.15, -0.1) is 0 Å². The molecule has 3 heterocycles. The van der Waals surface area contributed by atoms with E-state index in [1.165, 1.54) is 0 Å². The maximum absolute atomic E-state index is 13.0. The minimum Gasteiger partial charge on any atom is -0.326 e. The Morgan fingerprint density at radius 3 is 2.59 bits per heavy atom. The molecule has 0 bridgehead atoms. The summed E-state index contributed by atoms with van der Waals surface area (Å²) >= 11 is 0. The zero-order valence-corrected chi connectivity index (χ0v) is 15.8. The summed E-state index contributed by atoms with van der Waals surface area (Å²) in [6.07, 6.45) is 2.74. The fourth-order valence-corrected chi connectivity index (χ4v) is 4.99. The maximum atomic E-state index is 13.0. The van der Waals surface area contributed by atoms with Crippen LogP contribution in [0.25, 0.3) is 0 Å². The third kappa shape index (κ3) is 3.87. The van der Waals surface area contributed by atoms with Gasteiger partial charge in [-0.1, -0.05) is 6.07 Å². The third-order valence-corrected chi connectivity index (χ3v) is 6.95. The van der Waals surface area contributed by atoms with Gasteiger partial charge in [-0.2, -0.15) is 4.31 Å². The molecule has 27 heavy (non-hydrogen) atoms. The summed E-state index contributed by atoms with van der Waals surface area (Å²) < 4.78 is 27.6. The van der Waals surface area contributed by atoms with Crippen LogP contribution in [-0.2, 0) is 27.8 Å². The molecule has 0 aliphatic carbocycles. The first kappa shape index (κ1) is 18.1. The predicted octanol–water partition coefficient (Wildman–Crippen LogP) is 1.47. The van der Waals surface area contributed by atoms with Gasteiger partial charge in [0.25, 0.3) is 0 Å². The highest BCUT2D eigenvalue weighted by molar-refractivity contribution is 7.89. The second kappa shape index (κ2) is 7.38. The number of hydrogen-bond donors (Lipinski definition) is 1. The number of aromatic nitrogens is 1. The van der Waals surface area contributed by atoms with E-state index in [-0.39, 0.29) is 5.91 Å². The van der Waals surface area contributed by atoms with Crippen LogP contribution in [0.3, 0.4) is 0 Å². The van der Waals surface area contributed by atoms with Crippen molar-refractivity contribution in [1.82, 2.24) is 14.2 Å². The zero-order chi connectivity index (χ0) is 18.9. The minimum absolute atomic E-state index is 0.0258. The van der Waals surface area contributed by atoms with E-state index in [2.05, 4.69) is 15.2 Å². The van der Waals surface area contributed by atoms with Gasteiger partial charge in [-0.25, -0.2) is 8.42 Å². The quantitative estimate of drug-likeness (QED) is 0.861. The van der Waals surface area contributed by atoms with E-state index in [4.69, 9.17) is 0 Å². The van der Waals surface area contributed by atoms with Gasteiger partial charge in [0.15, 0.2) is 0 Å². The molecular weight excluding hydrogens is 364 g/mol. The van der Waals surface area contributed by atoms with Gasteiger partial charge < -0.3 is 5.32 Å². The Balaban J connectivity index is 1.44. The van der Waals surface area contributed by atoms with Crippen molar-refractivity contribution >= 4 is 21.6 Å². The smallest absolute Gasteiger partial charge is 0.243 e. The summed E-state index contributed by atoms with van der Waals surface area (Å²) in [4.78, 5) is 18.3. The van der Waals surface area contributed by atoms with E-state index in [9.17, 15) is 13.2 Å². The van der Waals surface area contributed by atoms with E-state index in [1.807, 2.05) is 18.2 Å². The number of carbonyl (C=O) groups is 1. The largest absolute Gasteiger partial charge is 0.326 e. The second-order valence-electron chi connectivity index (χ2n) is 6.87. The summed E-state index contributed by atoms with van der Waals surface area (Å²) in [5.74, 6) is -0.0258. The molecule has 1 aromatic carbocycles. The van der Waals surface area contributed by atoms with E-state index >= 15 is 0 Å². The molecule has 2 aliphatic rings. The molecule has 0 unspecified atom stereocenters. The van der Waals surface area contributed by atoms with Gasteiger partial charge in [0.1, 0.15) is 0 Å². The molecule has 1 amide bonds. The number of sulfonamides is 1. The molecule has 1 aromatic heterocycles. The lowest BCUT2D eigenvalue weighted by atomic mass is 10.0. The number of hydrogen-bond acceptors (Lipinski definition) is 5. The van der Waals surface area contributed by atoms with Crippen LogP contribution < -0.4 is 5.32 Å². The summed E-state index contributed by atoms with van der Waals surface area (Å²) in [5, 5.41) is 2.79. The van der Waals surface area contributed by atoms with Crippen LogP contribution in [0.2, 0.25) is 0 Å². The van der Waals surface area contributed by atoms with Gasteiger partial charge in [0, 0.05) is 51.0 Å². The monoisotopic (exact) mass is 386 g/mol. The van der Waals surface area contributed by atoms with Crippen molar-refractivity contribution in [1.29, 1.82) is 0 Å². The second-order valence-corrected chi connectivity index (χ2v) is 8.81. The number of amides is 1. The number of anilines is 1. The van der Waals surface area contributed by atoms with Crippen molar-refractivity contribution in [2.45, 2.75) is 24.3 Å². The number of carbonyl (C=O) groups excluding carboxylic acids is 1. The summed E-state index contributed by atoms with van der Waals surface area (Å²) in [6, 6.07) is 10.8. The fourth-order valence-electron chi connectivity index (χ4n) is 3.52. The van der Waals surface area contributed by atoms with Crippen LogP contribution >= 0.6 is 0 Å². The molecule has 8 heteroatoms. The molecule has 1 N–H and O–H groups in total. The lowest BCUT2D eigenvalue weighted by molar-refractivity contribution is -0.116. The van der Waals surface area contributed by atoms with Gasteiger partial charge in [0.2, 0.25) is 15.9 Å². The first-order chi connectivity index (χ1) is 13.0. The average Bonchev–Trinajstić information content (AvgIpc) is 2.69. The van der Waals surface area contributed by atoms with Crippen molar-refractivity contribution in [3.05, 3.63) is 53.9 Å². The highest BCUT2D eigenvalue weighted by Crippen LogP contribution is 2.27. The van der Waals surface area contributed by atoms with Crippen LogP contribution in [0.1, 0.15) is 17.7 Å². The standard InChI is InChI=1S/C19H22N4O3S/c24-19-7-4-15-13-17(5-6-18(15)21-19)27(25,26)23-11-9-22(10-12-23)14-16-3-1-2-8-20-16/h1-3,5-6,8,13H,4,7,9-12,14H2,(H,21,24). The predicted molar refractivity (Wildman–Crippen MR) is 102 cm³/mol. The Hall–Kier alpha value is -2.29. The Bertz CT molecular complexity index is 939. The summed E-state index contributed by atoms with van der Waals surface area (Å²) in [5.41, 5.74) is 2.58. The molecule has 0 saturated carbocycles. The normalized spacial score (nSPS) is 18.7. The van der Waals surface area contributed by atoms with Crippen LogP contribution in [0, 0.1) is 0 Å². The summed E-state index contributed by atoms with van der Waals surface area (Å²) in [7, 11) is -3.53. The van der Waals surface area contributed by atoms with Gasteiger partial charge >= 0.3 is 0 Å². The number of rotatable bonds is 4. The molecule has 7 nitrogen and oxygen atoms in total. The van der Waals surface area contributed by atoms with E-state index in [0.29, 0.717) is 49.6 Å². The van der Waals surface area contributed by atoms with Crippen LogP contribution in [0.4, 0.5) is 5.69 Å². The first-order valence-electron chi connectivity index (χ1n) is 9.07. The van der Waals surface area contributed by atoms with Crippen LogP contribution in [-0.4, -0.2) is 54.7 Å². The van der Waals surface area contributed by atoms with Crippen molar-refractivity contribution in [3.8, 4) is 0 Å². The van der Waals surface area contributed by atoms with Crippen molar-refractivity contribution in [2.24, 2.45) is 0 Å². The number of piperazine rings is 1. The summed E-state index contributed by atoms with van der Waals surface area (Å²) in [6.45, 7) is 3.01. The molecule has 1 fully saturated rings. The molecule has 2 aromatic rings. The van der Waals surface area contributed by atoms with E-state index in [0.717, 1.165) is 17.8 Å². The number of aryl methyl sites for hydroxylation is 1. The Morgan fingerprint density at radius 1 is 1.04 bits per heavy atom. The number of fused-ring (bicyclic) bond motifs is 1. The molecule has 0 radical (unpaired) electrons. The van der Waals surface area contributed by atoms with Crippen molar-refractivity contribution in [2.75, 3.05) is 31.5 Å². The first-order valence-corrected chi connectivity index (χ1v) is 10.5. The molecule has 2 aliphatic heterocycles. The Kier molecular flexibility index (Phi) is 4.94. The fraction of sp³-hybridized carbons (Fsp3) is 0.368. The van der Waals surface area contributed by atoms with Gasteiger partial charge in [-0.3, -0.25) is 14.7 Å². The maximum Gasteiger partial charge on any atom is 0.243 e. The minimum atomic E-state index is -3.53. The lowest BCUT2D eigenvalue weighted by Crippen LogP contribution is -2.48. The number of pyridine rings is 1. The number of nitrogens with zero attached hydrogens (tertiary/aromatic N) is 3. The van der Waals surface area contributed by atoms with E-state index < -0.39 is 10.0 Å². The molecule has 0 atom stereocenters. The van der Waals surface area contributed by atoms with Crippen molar-refractivity contribution < 1.29 is 13.2 Å². The highest BCUT2D eigenvalue weighted by atomic mass is 32.2. The third-order valence-electron chi connectivity index (χ3n) is 5.05. The molecular formula is C19H22N4O3S. The molecule has 4 rings (SSSR count). The van der Waals surface area contributed by atoms with E-state index in [1.54, 1.807) is 28.7 Å². The van der Waals surface area contributed by atoms with Crippen molar-refractivity contribution in [3.63, 3.8) is 0 Å². The number of nitrogens with one attached hydrogen (secondary N) is 1. The molecule has 142 valence electrons. The molecule has 1 saturated heterocycles. The lowest BCUT2D eigenvalue weighted by Gasteiger charge is -2.34. The Labute approximate surface area is 159 Å². The highest BCUT2D eigenvalue weighted by Gasteiger charge is 2.29. The van der Waals surface area contributed by atoms with Gasteiger partial charge in [0.05, 0.1) is 10.6 Å². The zero-order valence-electron chi connectivity index (χ0n) is 15.0. The van der Waals surface area contributed by atoms with Gasteiger partial charge in [-0.05, 0) is 42.3 Å². The topological polar surface area (TPSA) is 82.6 Å². The Morgan fingerprint density at radius 2 is 1.85 bits per heavy atom. The van der Waals surface area contributed by atoms with Crippen LogP contribution in [0.15, 0.2) is 47.5 Å².